The van der Waals surface area contributed by atoms with E-state index in [0.717, 1.165) is 6.07 Å². The van der Waals surface area contributed by atoms with Crippen LogP contribution in [0.25, 0.3) is 22.4 Å². The topological polar surface area (TPSA) is 141 Å². The van der Waals surface area contributed by atoms with Crippen molar-refractivity contribution in [3.8, 4) is 17.0 Å². The van der Waals surface area contributed by atoms with Crippen LogP contribution < -0.4 is 21.1 Å². The van der Waals surface area contributed by atoms with E-state index in [1.165, 1.54) is 31.0 Å². The van der Waals surface area contributed by atoms with E-state index in [0.29, 0.717) is 35.4 Å². The number of ether oxygens (including phenoxy) is 1. The molecule has 5 N–H and O–H groups in total. The standard InChI is InChI=1S/C25H25F5N8O2/c26-16-7-14(40-24(29)30)2-3-15(16)17-6-13(9-38-12-36-19-22(31)34-11-35-23(19)38)18(8-33-17)37-5-1-4-25(32,10-37)20(39)21(27)28/h2-3,6-8,11-12,20-21,24,39H,1,4-5,9-10,32H2,(H2,31,34,35)/t20-,25-/m1/s1. The molecule has 0 unspecified atom stereocenters. The number of anilines is 2. The molecule has 0 bridgehead atoms. The third-order valence-corrected chi connectivity index (χ3v) is 6.90. The van der Waals surface area contributed by atoms with Gasteiger partial charge in [-0.25, -0.2) is 28.1 Å². The first-order chi connectivity index (χ1) is 19.1. The average molecular weight is 565 g/mol. The molecule has 1 aliphatic heterocycles. The third-order valence-electron chi connectivity index (χ3n) is 6.90. The Morgan fingerprint density at radius 1 is 1.10 bits per heavy atom. The van der Waals surface area contributed by atoms with E-state index in [9.17, 15) is 27.1 Å². The highest BCUT2D eigenvalue weighted by molar-refractivity contribution is 5.81. The summed E-state index contributed by atoms with van der Waals surface area (Å²) in [6, 6.07) is 4.89. The van der Waals surface area contributed by atoms with Gasteiger partial charge in [0.15, 0.2) is 11.5 Å². The first-order valence-electron chi connectivity index (χ1n) is 12.2. The lowest BCUT2D eigenvalue weighted by Gasteiger charge is -2.44. The van der Waals surface area contributed by atoms with E-state index in [-0.39, 0.29) is 42.3 Å². The Morgan fingerprint density at radius 3 is 2.62 bits per heavy atom. The molecule has 1 aromatic carbocycles. The number of nitrogens with zero attached hydrogens (tertiary/aromatic N) is 6. The van der Waals surface area contributed by atoms with Crippen molar-refractivity contribution in [1.29, 1.82) is 0 Å². The largest absolute Gasteiger partial charge is 0.435 e. The van der Waals surface area contributed by atoms with Gasteiger partial charge in [0, 0.05) is 24.7 Å². The fourth-order valence-electron chi connectivity index (χ4n) is 4.94. The molecule has 40 heavy (non-hydrogen) atoms. The molecule has 1 fully saturated rings. The molecular formula is C25H25F5N8O2. The van der Waals surface area contributed by atoms with Gasteiger partial charge in [0.25, 0.3) is 6.43 Å². The Kier molecular flexibility index (Phi) is 7.42. The molecule has 0 spiro atoms. The maximum atomic E-state index is 14.9. The molecule has 15 heteroatoms. The summed E-state index contributed by atoms with van der Waals surface area (Å²) in [4.78, 5) is 18.6. The van der Waals surface area contributed by atoms with E-state index in [2.05, 4.69) is 24.7 Å². The summed E-state index contributed by atoms with van der Waals surface area (Å²) < 4.78 is 72.8. The monoisotopic (exact) mass is 564 g/mol. The molecule has 0 aliphatic carbocycles. The van der Waals surface area contributed by atoms with Crippen molar-refractivity contribution >= 4 is 22.7 Å². The Bertz CT molecular complexity index is 1520. The number of hydrogen-bond donors (Lipinski definition) is 3. The van der Waals surface area contributed by atoms with Crippen LogP contribution in [0.4, 0.5) is 33.5 Å². The van der Waals surface area contributed by atoms with Gasteiger partial charge in [-0.15, -0.1) is 0 Å². The van der Waals surface area contributed by atoms with Gasteiger partial charge in [-0.2, -0.15) is 8.78 Å². The van der Waals surface area contributed by atoms with Crippen LogP contribution in [-0.2, 0) is 6.54 Å². The zero-order chi connectivity index (χ0) is 28.6. The number of halogens is 5. The van der Waals surface area contributed by atoms with Crippen molar-refractivity contribution in [1.82, 2.24) is 24.5 Å². The van der Waals surface area contributed by atoms with Crippen molar-refractivity contribution in [2.45, 2.75) is 44.1 Å². The third kappa shape index (κ3) is 5.34. The number of fused-ring (bicyclic) bond motifs is 1. The number of imidazole rings is 1. The smallest absolute Gasteiger partial charge is 0.387 e. The first-order valence-corrected chi connectivity index (χ1v) is 12.2. The Labute approximate surface area is 224 Å². The fraction of sp³-hybridized carbons (Fsp3) is 0.360. The van der Waals surface area contributed by atoms with Crippen LogP contribution >= 0.6 is 0 Å². The molecule has 5 rings (SSSR count). The van der Waals surface area contributed by atoms with Crippen LogP contribution in [0.15, 0.2) is 43.1 Å². The van der Waals surface area contributed by atoms with Crippen LogP contribution in [0.2, 0.25) is 0 Å². The van der Waals surface area contributed by atoms with Gasteiger partial charge >= 0.3 is 6.61 Å². The van der Waals surface area contributed by atoms with E-state index in [4.69, 9.17) is 11.5 Å². The van der Waals surface area contributed by atoms with Crippen molar-refractivity contribution in [3.05, 3.63) is 54.5 Å². The van der Waals surface area contributed by atoms with Crippen molar-refractivity contribution in [2.24, 2.45) is 5.73 Å². The number of aliphatic hydroxyl groups excluding tert-OH is 1. The van der Waals surface area contributed by atoms with Gasteiger partial charge in [-0.1, -0.05) is 0 Å². The van der Waals surface area contributed by atoms with Crippen LogP contribution in [0.3, 0.4) is 0 Å². The molecular weight excluding hydrogens is 539 g/mol. The van der Waals surface area contributed by atoms with Gasteiger partial charge < -0.3 is 30.8 Å². The second-order valence-corrected chi connectivity index (χ2v) is 9.56. The molecule has 4 heterocycles. The Balaban J connectivity index is 1.56. The minimum atomic E-state index is -3.11. The van der Waals surface area contributed by atoms with E-state index >= 15 is 0 Å². The highest BCUT2D eigenvalue weighted by Crippen LogP contribution is 2.34. The summed E-state index contributed by atoms with van der Waals surface area (Å²) in [5.41, 5.74) is 12.7. The summed E-state index contributed by atoms with van der Waals surface area (Å²) in [5, 5.41) is 10.1. The maximum absolute atomic E-state index is 14.9. The molecule has 0 saturated carbocycles. The lowest BCUT2D eigenvalue weighted by Crippen LogP contribution is -2.63. The number of nitrogens with two attached hydrogens (primary N) is 2. The van der Waals surface area contributed by atoms with E-state index in [1.807, 2.05) is 0 Å². The van der Waals surface area contributed by atoms with Crippen molar-refractivity contribution < 1.29 is 31.8 Å². The summed E-state index contributed by atoms with van der Waals surface area (Å²) in [6.45, 7) is -2.62. The fourth-order valence-corrected chi connectivity index (χ4v) is 4.94. The number of hydrogen-bond acceptors (Lipinski definition) is 9. The highest BCUT2D eigenvalue weighted by Gasteiger charge is 2.43. The van der Waals surface area contributed by atoms with Gasteiger partial charge in [0.2, 0.25) is 0 Å². The van der Waals surface area contributed by atoms with Crippen LogP contribution in [0, 0.1) is 5.82 Å². The summed E-state index contributed by atoms with van der Waals surface area (Å²) in [5.74, 6) is -1.00. The Hall–Kier alpha value is -4.11. The predicted octanol–water partition coefficient (Wildman–Crippen LogP) is 3.18. The van der Waals surface area contributed by atoms with Crippen molar-refractivity contribution in [2.75, 3.05) is 23.7 Å². The van der Waals surface area contributed by atoms with Crippen LogP contribution in [0.1, 0.15) is 18.4 Å². The molecule has 4 aromatic rings. The van der Waals surface area contributed by atoms with Gasteiger partial charge in [-0.05, 0) is 36.6 Å². The number of aromatic nitrogens is 5. The zero-order valence-corrected chi connectivity index (χ0v) is 20.9. The van der Waals surface area contributed by atoms with Crippen molar-refractivity contribution in [3.63, 3.8) is 0 Å². The summed E-state index contributed by atoms with van der Waals surface area (Å²) >= 11 is 0. The van der Waals surface area contributed by atoms with Gasteiger partial charge in [-0.3, -0.25) is 4.98 Å². The lowest BCUT2D eigenvalue weighted by atomic mass is 9.84. The SMILES string of the molecule is Nc1ncnc2c1ncn2Cc1cc(-c2ccc(OC(F)F)cc2F)ncc1N1CCC[C@](N)([C@H](O)C(F)F)C1. The predicted molar refractivity (Wildman–Crippen MR) is 135 cm³/mol. The van der Waals surface area contributed by atoms with Crippen LogP contribution in [-0.4, -0.2) is 67.4 Å². The van der Waals surface area contributed by atoms with Crippen LogP contribution in [0.5, 0.6) is 5.75 Å². The molecule has 1 aliphatic rings. The second kappa shape index (κ2) is 10.8. The molecule has 0 amide bonds. The number of benzene rings is 1. The number of aliphatic hydroxyl groups is 1. The van der Waals surface area contributed by atoms with E-state index < -0.39 is 30.5 Å². The molecule has 0 radical (unpaired) electrons. The highest BCUT2D eigenvalue weighted by atomic mass is 19.3. The second-order valence-electron chi connectivity index (χ2n) is 9.56. The van der Waals surface area contributed by atoms with E-state index in [1.54, 1.807) is 15.5 Å². The quantitative estimate of drug-likeness (QED) is 0.275. The molecule has 10 nitrogen and oxygen atoms in total. The number of pyridine rings is 1. The minimum Gasteiger partial charge on any atom is -0.435 e. The summed E-state index contributed by atoms with van der Waals surface area (Å²) in [7, 11) is 0. The number of piperidine rings is 1. The molecule has 1 saturated heterocycles. The Morgan fingerprint density at radius 2 is 1.90 bits per heavy atom. The van der Waals surface area contributed by atoms with Gasteiger partial charge in [0.05, 0.1) is 36.0 Å². The summed E-state index contributed by atoms with van der Waals surface area (Å²) in [6.07, 6.45) is -0.196. The molecule has 3 aromatic heterocycles. The number of alkyl halides is 4. The maximum Gasteiger partial charge on any atom is 0.387 e. The first kappa shape index (κ1) is 27.5. The molecule has 212 valence electrons. The minimum absolute atomic E-state index is 0.0245. The lowest BCUT2D eigenvalue weighted by molar-refractivity contribution is -0.0529. The molecule has 2 atom stereocenters. The zero-order valence-electron chi connectivity index (χ0n) is 20.9. The van der Waals surface area contributed by atoms with Gasteiger partial charge in [0.1, 0.15) is 29.5 Å². The number of nitrogen functional groups attached to an aromatic ring is 1. The normalized spacial score (nSPS) is 18.6. The average Bonchev–Trinajstić information content (AvgIpc) is 3.32. The number of rotatable bonds is 8.